The summed E-state index contributed by atoms with van der Waals surface area (Å²) in [5.74, 6) is -0.0871. The molecule has 0 spiro atoms. The van der Waals surface area contributed by atoms with Crippen molar-refractivity contribution in [2.45, 2.75) is 44.6 Å². The summed E-state index contributed by atoms with van der Waals surface area (Å²) >= 11 is 1.29. The molecule has 1 saturated carbocycles. The first-order chi connectivity index (χ1) is 8.29. The Morgan fingerprint density at radius 3 is 2.53 bits per heavy atom. The van der Waals surface area contributed by atoms with Gasteiger partial charge in [0.05, 0.1) is 0 Å². The van der Waals surface area contributed by atoms with Gasteiger partial charge in [-0.3, -0.25) is 4.79 Å². The van der Waals surface area contributed by atoms with Gasteiger partial charge in [-0.25, -0.2) is 0 Å². The van der Waals surface area contributed by atoms with Crippen LogP contribution in [0.15, 0.2) is 0 Å². The van der Waals surface area contributed by atoms with Crippen molar-refractivity contribution < 1.29 is 4.79 Å². The average molecular weight is 254 g/mol. The van der Waals surface area contributed by atoms with E-state index in [4.69, 9.17) is 0 Å². The third-order valence-electron chi connectivity index (χ3n) is 3.02. The first-order valence-electron chi connectivity index (χ1n) is 6.11. The minimum absolute atomic E-state index is 0.0871. The first kappa shape index (κ1) is 12.3. The van der Waals surface area contributed by atoms with Crippen molar-refractivity contribution in [2.24, 2.45) is 0 Å². The van der Waals surface area contributed by atoms with E-state index in [0.29, 0.717) is 16.2 Å². The van der Waals surface area contributed by atoms with Crippen LogP contribution in [-0.2, 0) is 0 Å². The van der Waals surface area contributed by atoms with E-state index < -0.39 is 0 Å². The van der Waals surface area contributed by atoms with Crippen molar-refractivity contribution in [2.75, 3.05) is 12.4 Å². The van der Waals surface area contributed by atoms with E-state index in [1.54, 1.807) is 7.05 Å². The lowest BCUT2D eigenvalue weighted by molar-refractivity contribution is 0.0932. The quantitative estimate of drug-likeness (QED) is 0.810. The summed E-state index contributed by atoms with van der Waals surface area (Å²) in [5, 5.41) is 14.8. The zero-order valence-corrected chi connectivity index (χ0v) is 10.8. The molecular formula is C11H18N4OS. The van der Waals surface area contributed by atoms with Gasteiger partial charge in [-0.05, 0) is 12.8 Å². The summed E-state index contributed by atoms with van der Waals surface area (Å²) in [6.45, 7) is 0. The zero-order valence-electron chi connectivity index (χ0n) is 10.0. The smallest absolute Gasteiger partial charge is 0.282 e. The third-order valence-corrected chi connectivity index (χ3v) is 3.96. The number of hydrogen-bond acceptors (Lipinski definition) is 5. The Morgan fingerprint density at radius 1 is 1.24 bits per heavy atom. The van der Waals surface area contributed by atoms with E-state index >= 15 is 0 Å². The lowest BCUT2D eigenvalue weighted by atomic mass is 10.1. The zero-order chi connectivity index (χ0) is 12.1. The molecule has 5 nitrogen and oxygen atoms in total. The molecule has 17 heavy (non-hydrogen) atoms. The molecule has 0 radical (unpaired) electrons. The second kappa shape index (κ2) is 5.95. The second-order valence-corrected chi connectivity index (χ2v) is 5.30. The molecule has 0 saturated heterocycles. The molecule has 0 aliphatic heterocycles. The maximum atomic E-state index is 11.9. The molecule has 1 amide bonds. The third kappa shape index (κ3) is 3.39. The lowest BCUT2D eigenvalue weighted by Gasteiger charge is -2.14. The summed E-state index contributed by atoms with van der Waals surface area (Å²) < 4.78 is 0. The number of carbonyl (C=O) groups is 1. The second-order valence-electron chi connectivity index (χ2n) is 4.32. The Hall–Kier alpha value is -1.17. The Bertz CT molecular complexity index is 371. The lowest BCUT2D eigenvalue weighted by Crippen LogP contribution is -2.34. The van der Waals surface area contributed by atoms with Crippen LogP contribution in [0.4, 0.5) is 5.13 Å². The number of carbonyl (C=O) groups excluding carboxylic acids is 1. The molecule has 0 atom stereocenters. The van der Waals surface area contributed by atoms with Crippen LogP contribution < -0.4 is 10.6 Å². The predicted octanol–water partition coefficient (Wildman–Crippen LogP) is 2.03. The fraction of sp³-hybridized carbons (Fsp3) is 0.727. The normalized spacial score (nSPS) is 17.5. The fourth-order valence-corrected chi connectivity index (χ4v) is 2.69. The number of nitrogens with zero attached hydrogens (tertiary/aromatic N) is 2. The van der Waals surface area contributed by atoms with E-state index in [1.165, 1.54) is 37.0 Å². The van der Waals surface area contributed by atoms with Crippen LogP contribution in [0.2, 0.25) is 0 Å². The Balaban J connectivity index is 1.91. The van der Waals surface area contributed by atoms with Gasteiger partial charge in [-0.15, -0.1) is 10.2 Å². The highest BCUT2D eigenvalue weighted by Crippen LogP contribution is 2.19. The molecular weight excluding hydrogens is 236 g/mol. The predicted molar refractivity (Wildman–Crippen MR) is 68.4 cm³/mol. The number of rotatable bonds is 3. The number of amides is 1. The largest absolute Gasteiger partial charge is 0.363 e. The molecule has 1 aromatic heterocycles. The highest BCUT2D eigenvalue weighted by Gasteiger charge is 2.18. The van der Waals surface area contributed by atoms with Crippen LogP contribution >= 0.6 is 11.3 Å². The molecule has 1 aliphatic carbocycles. The highest BCUT2D eigenvalue weighted by atomic mass is 32.1. The minimum atomic E-state index is -0.0871. The average Bonchev–Trinajstić information content (AvgIpc) is 2.68. The van der Waals surface area contributed by atoms with Gasteiger partial charge < -0.3 is 10.6 Å². The molecule has 1 heterocycles. The summed E-state index contributed by atoms with van der Waals surface area (Å²) in [6, 6.07) is 0.312. The van der Waals surface area contributed by atoms with E-state index in [-0.39, 0.29) is 5.91 Å². The van der Waals surface area contributed by atoms with E-state index in [1.807, 2.05) is 0 Å². The molecule has 6 heteroatoms. The monoisotopic (exact) mass is 254 g/mol. The molecule has 2 N–H and O–H groups in total. The van der Waals surface area contributed by atoms with Crippen molar-refractivity contribution in [3.8, 4) is 0 Å². The molecule has 0 bridgehead atoms. The van der Waals surface area contributed by atoms with Crippen LogP contribution in [0.1, 0.15) is 48.3 Å². The molecule has 1 fully saturated rings. The van der Waals surface area contributed by atoms with Crippen LogP contribution in [0.25, 0.3) is 0 Å². The maximum Gasteiger partial charge on any atom is 0.282 e. The molecule has 2 rings (SSSR count). The van der Waals surface area contributed by atoms with E-state index in [0.717, 1.165) is 12.8 Å². The Kier molecular flexibility index (Phi) is 4.30. The Morgan fingerprint density at radius 2 is 1.94 bits per heavy atom. The van der Waals surface area contributed by atoms with Gasteiger partial charge in [0.15, 0.2) is 0 Å². The number of aromatic nitrogens is 2. The van der Waals surface area contributed by atoms with Gasteiger partial charge in [0, 0.05) is 13.1 Å². The SMILES string of the molecule is CNc1nnc(C(=O)NC2CCCCCC2)s1. The number of hydrogen-bond donors (Lipinski definition) is 2. The topological polar surface area (TPSA) is 66.9 Å². The molecule has 94 valence electrons. The van der Waals surface area contributed by atoms with Crippen molar-refractivity contribution in [3.63, 3.8) is 0 Å². The highest BCUT2D eigenvalue weighted by molar-refractivity contribution is 7.17. The van der Waals surface area contributed by atoms with Crippen molar-refractivity contribution in [1.82, 2.24) is 15.5 Å². The molecule has 0 aromatic carbocycles. The standard InChI is InChI=1S/C11H18N4OS/c1-12-11-15-14-10(17-11)9(16)13-8-6-4-2-3-5-7-8/h8H,2-7H2,1H3,(H,12,15)(H,13,16). The van der Waals surface area contributed by atoms with Gasteiger partial charge in [-0.1, -0.05) is 37.0 Å². The van der Waals surface area contributed by atoms with E-state index in [2.05, 4.69) is 20.8 Å². The van der Waals surface area contributed by atoms with Crippen molar-refractivity contribution in [1.29, 1.82) is 0 Å². The van der Waals surface area contributed by atoms with Crippen molar-refractivity contribution in [3.05, 3.63) is 5.01 Å². The maximum absolute atomic E-state index is 11.9. The first-order valence-corrected chi connectivity index (χ1v) is 6.93. The van der Waals surface area contributed by atoms with Crippen LogP contribution in [0.3, 0.4) is 0 Å². The minimum Gasteiger partial charge on any atom is -0.363 e. The summed E-state index contributed by atoms with van der Waals surface area (Å²) in [7, 11) is 1.77. The van der Waals surface area contributed by atoms with Crippen LogP contribution in [0, 0.1) is 0 Å². The van der Waals surface area contributed by atoms with E-state index in [9.17, 15) is 4.79 Å². The van der Waals surface area contributed by atoms with Gasteiger partial charge >= 0.3 is 0 Å². The summed E-state index contributed by atoms with van der Waals surface area (Å²) in [6.07, 6.45) is 7.17. The Labute approximate surface area is 105 Å². The van der Waals surface area contributed by atoms with Gasteiger partial charge in [0.1, 0.15) is 0 Å². The number of anilines is 1. The summed E-state index contributed by atoms with van der Waals surface area (Å²) in [4.78, 5) is 11.9. The molecule has 1 aromatic rings. The summed E-state index contributed by atoms with van der Waals surface area (Å²) in [5.41, 5.74) is 0. The van der Waals surface area contributed by atoms with Crippen LogP contribution in [-0.4, -0.2) is 29.2 Å². The van der Waals surface area contributed by atoms with Crippen molar-refractivity contribution >= 4 is 22.4 Å². The van der Waals surface area contributed by atoms with Gasteiger partial charge in [0.25, 0.3) is 5.91 Å². The van der Waals surface area contributed by atoms with Gasteiger partial charge in [0.2, 0.25) is 10.1 Å². The van der Waals surface area contributed by atoms with Crippen LogP contribution in [0.5, 0.6) is 0 Å². The fourth-order valence-electron chi connectivity index (χ4n) is 2.09. The number of nitrogens with one attached hydrogen (secondary N) is 2. The molecule has 1 aliphatic rings. The van der Waals surface area contributed by atoms with Gasteiger partial charge in [-0.2, -0.15) is 0 Å². The molecule has 0 unspecified atom stereocenters.